The third-order valence-electron chi connectivity index (χ3n) is 3.37. The third kappa shape index (κ3) is 3.65. The zero-order valence-corrected chi connectivity index (χ0v) is 13.1. The molecule has 0 aliphatic rings. The maximum Gasteiger partial charge on any atom is 0.179 e. The van der Waals surface area contributed by atoms with E-state index in [9.17, 15) is 0 Å². The maximum absolute atomic E-state index is 6.37. The fraction of sp³-hybridized carbons (Fsp3) is 0.312. The van der Waals surface area contributed by atoms with Crippen LogP contribution in [-0.2, 0) is 6.54 Å². The van der Waals surface area contributed by atoms with Crippen LogP contribution in [0.2, 0.25) is 5.02 Å². The van der Waals surface area contributed by atoms with Gasteiger partial charge in [0.15, 0.2) is 11.5 Å². The average Bonchev–Trinajstić information content (AvgIpc) is 2.53. The van der Waals surface area contributed by atoms with E-state index >= 15 is 0 Å². The number of methoxy groups -OCH3 is 2. The molecule has 2 aromatic rings. The van der Waals surface area contributed by atoms with Crippen molar-refractivity contribution in [3.05, 3.63) is 52.8 Å². The van der Waals surface area contributed by atoms with Crippen molar-refractivity contribution >= 4 is 11.6 Å². The SMILES string of the molecule is COc1ccc(CN[C@@H](C)c2ccncc2)c(Cl)c1OC. The van der Waals surface area contributed by atoms with E-state index in [0.717, 1.165) is 5.56 Å². The highest BCUT2D eigenvalue weighted by Crippen LogP contribution is 2.37. The molecule has 5 heteroatoms. The molecular weight excluding hydrogens is 288 g/mol. The Morgan fingerprint density at radius 1 is 1.14 bits per heavy atom. The number of pyridine rings is 1. The second-order valence-corrected chi connectivity index (χ2v) is 5.04. The smallest absolute Gasteiger partial charge is 0.179 e. The van der Waals surface area contributed by atoms with Crippen molar-refractivity contribution in [2.45, 2.75) is 19.5 Å². The molecule has 0 aliphatic heterocycles. The third-order valence-corrected chi connectivity index (χ3v) is 3.78. The van der Waals surface area contributed by atoms with Gasteiger partial charge in [-0.1, -0.05) is 17.7 Å². The molecule has 0 saturated heterocycles. The summed E-state index contributed by atoms with van der Waals surface area (Å²) in [5.74, 6) is 1.20. The summed E-state index contributed by atoms with van der Waals surface area (Å²) < 4.78 is 10.5. The Hall–Kier alpha value is -1.78. The van der Waals surface area contributed by atoms with Crippen LogP contribution in [0.4, 0.5) is 0 Å². The molecule has 1 aromatic carbocycles. The minimum Gasteiger partial charge on any atom is -0.493 e. The van der Waals surface area contributed by atoms with Crippen molar-refractivity contribution in [2.24, 2.45) is 0 Å². The Morgan fingerprint density at radius 2 is 1.86 bits per heavy atom. The zero-order valence-electron chi connectivity index (χ0n) is 12.4. The summed E-state index contributed by atoms with van der Waals surface area (Å²) >= 11 is 6.37. The standard InChI is InChI=1S/C16H19ClN2O2/c1-11(12-6-8-18-9-7-12)19-10-13-4-5-14(20-2)16(21-3)15(13)17/h4-9,11,19H,10H2,1-3H3/t11-/m0/s1. The van der Waals surface area contributed by atoms with Crippen LogP contribution >= 0.6 is 11.6 Å². The molecule has 0 amide bonds. The molecule has 1 aromatic heterocycles. The first kappa shape index (κ1) is 15.6. The van der Waals surface area contributed by atoms with Gasteiger partial charge in [-0.25, -0.2) is 0 Å². The van der Waals surface area contributed by atoms with Gasteiger partial charge >= 0.3 is 0 Å². The Morgan fingerprint density at radius 3 is 2.48 bits per heavy atom. The van der Waals surface area contributed by atoms with Gasteiger partial charge in [-0.15, -0.1) is 0 Å². The highest BCUT2D eigenvalue weighted by Gasteiger charge is 2.13. The zero-order chi connectivity index (χ0) is 15.2. The van der Waals surface area contributed by atoms with Gasteiger partial charge < -0.3 is 14.8 Å². The van der Waals surface area contributed by atoms with Crippen molar-refractivity contribution in [3.63, 3.8) is 0 Å². The molecule has 1 N–H and O–H groups in total. The Labute approximate surface area is 130 Å². The van der Waals surface area contributed by atoms with E-state index in [1.807, 2.05) is 24.3 Å². The van der Waals surface area contributed by atoms with Gasteiger partial charge in [-0.2, -0.15) is 0 Å². The first-order chi connectivity index (χ1) is 10.2. The lowest BCUT2D eigenvalue weighted by atomic mass is 10.1. The van der Waals surface area contributed by atoms with Gasteiger partial charge in [0.2, 0.25) is 0 Å². The molecule has 112 valence electrons. The van der Waals surface area contributed by atoms with Crippen molar-refractivity contribution in [2.75, 3.05) is 14.2 Å². The van der Waals surface area contributed by atoms with Crippen LogP contribution in [0, 0.1) is 0 Å². The molecule has 0 unspecified atom stereocenters. The number of nitrogens with zero attached hydrogens (tertiary/aromatic N) is 1. The fourth-order valence-corrected chi connectivity index (χ4v) is 2.40. The molecule has 1 atom stereocenters. The summed E-state index contributed by atoms with van der Waals surface area (Å²) in [5, 5.41) is 4.01. The van der Waals surface area contributed by atoms with Gasteiger partial charge in [0.25, 0.3) is 0 Å². The highest BCUT2D eigenvalue weighted by molar-refractivity contribution is 6.33. The molecule has 0 fully saturated rings. The quantitative estimate of drug-likeness (QED) is 0.885. The topological polar surface area (TPSA) is 43.4 Å². The molecule has 0 aliphatic carbocycles. The summed E-state index contributed by atoms with van der Waals surface area (Å²) in [6.07, 6.45) is 3.58. The highest BCUT2D eigenvalue weighted by atomic mass is 35.5. The van der Waals surface area contributed by atoms with Gasteiger partial charge in [0.1, 0.15) is 0 Å². The minimum absolute atomic E-state index is 0.206. The predicted molar refractivity (Wildman–Crippen MR) is 84.0 cm³/mol. The van der Waals surface area contributed by atoms with Crippen LogP contribution in [0.1, 0.15) is 24.1 Å². The van der Waals surface area contributed by atoms with Gasteiger partial charge in [0, 0.05) is 25.0 Å². The van der Waals surface area contributed by atoms with Crippen LogP contribution in [0.15, 0.2) is 36.7 Å². The summed E-state index contributed by atoms with van der Waals surface area (Å²) in [4.78, 5) is 4.02. The Bertz CT molecular complexity index is 590. The normalized spacial score (nSPS) is 12.0. The largest absolute Gasteiger partial charge is 0.493 e. The molecule has 0 bridgehead atoms. The molecule has 0 spiro atoms. The van der Waals surface area contributed by atoms with Gasteiger partial charge in [0.05, 0.1) is 19.2 Å². The van der Waals surface area contributed by atoms with E-state index in [4.69, 9.17) is 21.1 Å². The number of nitrogens with one attached hydrogen (secondary N) is 1. The molecule has 2 rings (SSSR count). The van der Waals surface area contributed by atoms with Crippen molar-refractivity contribution < 1.29 is 9.47 Å². The molecule has 21 heavy (non-hydrogen) atoms. The number of aromatic nitrogens is 1. The number of hydrogen-bond donors (Lipinski definition) is 1. The number of hydrogen-bond acceptors (Lipinski definition) is 4. The summed E-state index contributed by atoms with van der Waals surface area (Å²) in [7, 11) is 3.18. The van der Waals surface area contributed by atoms with E-state index in [1.54, 1.807) is 26.6 Å². The summed E-state index contributed by atoms with van der Waals surface area (Å²) in [6, 6.07) is 7.99. The van der Waals surface area contributed by atoms with Crippen LogP contribution in [0.5, 0.6) is 11.5 Å². The number of rotatable bonds is 6. The summed E-state index contributed by atoms with van der Waals surface area (Å²) in [5.41, 5.74) is 2.15. The van der Waals surface area contributed by atoms with Crippen molar-refractivity contribution in [3.8, 4) is 11.5 Å². The van der Waals surface area contributed by atoms with E-state index < -0.39 is 0 Å². The van der Waals surface area contributed by atoms with E-state index in [1.165, 1.54) is 5.56 Å². The van der Waals surface area contributed by atoms with E-state index in [0.29, 0.717) is 23.1 Å². The van der Waals surface area contributed by atoms with E-state index in [2.05, 4.69) is 17.2 Å². The fourth-order valence-electron chi connectivity index (χ4n) is 2.10. The van der Waals surface area contributed by atoms with Crippen LogP contribution < -0.4 is 14.8 Å². The lowest BCUT2D eigenvalue weighted by Gasteiger charge is -2.16. The second-order valence-electron chi connectivity index (χ2n) is 4.66. The summed E-state index contributed by atoms with van der Waals surface area (Å²) in [6.45, 7) is 2.74. The Kier molecular flexibility index (Phi) is 5.42. The van der Waals surface area contributed by atoms with E-state index in [-0.39, 0.29) is 6.04 Å². The lowest BCUT2D eigenvalue weighted by Crippen LogP contribution is -2.18. The number of ether oxygens (including phenoxy) is 2. The van der Waals surface area contributed by atoms with Crippen molar-refractivity contribution in [1.82, 2.24) is 10.3 Å². The monoisotopic (exact) mass is 306 g/mol. The van der Waals surface area contributed by atoms with Gasteiger partial charge in [-0.05, 0) is 36.2 Å². The first-order valence-corrected chi connectivity index (χ1v) is 7.07. The lowest BCUT2D eigenvalue weighted by molar-refractivity contribution is 0.354. The number of benzene rings is 1. The van der Waals surface area contributed by atoms with Crippen LogP contribution in [-0.4, -0.2) is 19.2 Å². The second kappa shape index (κ2) is 7.29. The maximum atomic E-state index is 6.37. The molecular formula is C16H19ClN2O2. The van der Waals surface area contributed by atoms with Crippen molar-refractivity contribution in [1.29, 1.82) is 0 Å². The Balaban J connectivity index is 2.10. The van der Waals surface area contributed by atoms with Crippen LogP contribution in [0.25, 0.3) is 0 Å². The predicted octanol–water partition coefficient (Wildman–Crippen LogP) is 3.60. The molecule has 0 saturated carbocycles. The van der Waals surface area contributed by atoms with Gasteiger partial charge in [-0.3, -0.25) is 4.98 Å². The average molecular weight is 307 g/mol. The minimum atomic E-state index is 0.206. The molecule has 1 heterocycles. The molecule has 4 nitrogen and oxygen atoms in total. The number of halogens is 1. The molecule has 0 radical (unpaired) electrons. The van der Waals surface area contributed by atoms with Crippen LogP contribution in [0.3, 0.4) is 0 Å². The first-order valence-electron chi connectivity index (χ1n) is 6.70.